The maximum atomic E-state index is 11.9. The third kappa shape index (κ3) is 4.78. The molecule has 1 rings (SSSR count). The highest BCUT2D eigenvalue weighted by Crippen LogP contribution is 2.11. The average Bonchev–Trinajstić information content (AvgIpc) is 2.35. The lowest BCUT2D eigenvalue weighted by Gasteiger charge is -2.16. The summed E-state index contributed by atoms with van der Waals surface area (Å²) in [6.07, 6.45) is 0. The van der Waals surface area contributed by atoms with Gasteiger partial charge in [-0.05, 0) is 18.4 Å². The Bertz CT molecular complexity index is 440. The van der Waals surface area contributed by atoms with E-state index in [-0.39, 0.29) is 16.9 Å². The molecule has 1 aromatic carbocycles. The second-order valence-corrected chi connectivity index (χ2v) is 7.46. The number of hydrogen-bond donors (Lipinski definition) is 1. The first-order valence-electron chi connectivity index (χ1n) is 6.39. The van der Waals surface area contributed by atoms with Gasteiger partial charge in [0.1, 0.15) is 0 Å². The average molecular weight is 269 g/mol. The molecule has 0 spiro atoms. The first-order chi connectivity index (χ1) is 8.43. The molecule has 3 nitrogen and oxygen atoms in total. The molecule has 0 saturated heterocycles. The summed E-state index contributed by atoms with van der Waals surface area (Å²) in [6, 6.07) is 9.98. The minimum absolute atomic E-state index is 0.170. The van der Waals surface area contributed by atoms with E-state index in [2.05, 4.69) is 5.32 Å². The van der Waals surface area contributed by atoms with Gasteiger partial charge in [0, 0.05) is 13.1 Å². The van der Waals surface area contributed by atoms with Crippen molar-refractivity contribution in [1.29, 1.82) is 0 Å². The van der Waals surface area contributed by atoms with Crippen LogP contribution in [0.2, 0.25) is 0 Å². The Hall–Kier alpha value is -0.870. The highest BCUT2D eigenvalue weighted by Gasteiger charge is 2.22. The van der Waals surface area contributed by atoms with Crippen molar-refractivity contribution in [2.75, 3.05) is 12.3 Å². The number of rotatable bonds is 7. The highest BCUT2D eigenvalue weighted by atomic mass is 32.2. The van der Waals surface area contributed by atoms with Gasteiger partial charge in [0.05, 0.1) is 11.0 Å². The van der Waals surface area contributed by atoms with Crippen molar-refractivity contribution in [3.8, 4) is 0 Å². The molecule has 102 valence electrons. The van der Waals surface area contributed by atoms with E-state index in [0.29, 0.717) is 13.1 Å². The van der Waals surface area contributed by atoms with Gasteiger partial charge < -0.3 is 5.32 Å². The Morgan fingerprint density at radius 1 is 1.11 bits per heavy atom. The Kier molecular flexibility index (Phi) is 5.82. The summed E-state index contributed by atoms with van der Waals surface area (Å²) in [7, 11) is -2.98. The normalized spacial score (nSPS) is 13.8. The zero-order chi connectivity index (χ0) is 13.6. The maximum absolute atomic E-state index is 11.9. The van der Waals surface area contributed by atoms with E-state index >= 15 is 0 Å². The fourth-order valence-corrected chi connectivity index (χ4v) is 3.27. The van der Waals surface area contributed by atoms with E-state index < -0.39 is 9.84 Å². The molecule has 0 aromatic heterocycles. The fourth-order valence-electron chi connectivity index (χ4n) is 1.64. The quantitative estimate of drug-likeness (QED) is 0.772. The van der Waals surface area contributed by atoms with Crippen LogP contribution >= 0.6 is 0 Å². The molecule has 0 aliphatic rings. The standard InChI is InChI=1S/C14H23NO2S/c1-12(2)13(3)18(16,17)10-9-15-11-14-7-5-4-6-8-14/h4-8,12-13,15H,9-11H2,1-3H3. The molecular formula is C14H23NO2S. The lowest BCUT2D eigenvalue weighted by Crippen LogP contribution is -2.31. The van der Waals surface area contributed by atoms with Crippen molar-refractivity contribution in [3.63, 3.8) is 0 Å². The van der Waals surface area contributed by atoms with Crippen molar-refractivity contribution in [2.45, 2.75) is 32.6 Å². The Labute approximate surface area is 111 Å². The van der Waals surface area contributed by atoms with Crippen LogP contribution in [0.15, 0.2) is 30.3 Å². The summed E-state index contributed by atoms with van der Waals surface area (Å²) in [5, 5.41) is 2.90. The van der Waals surface area contributed by atoms with Crippen molar-refractivity contribution in [1.82, 2.24) is 5.32 Å². The molecule has 0 fully saturated rings. The van der Waals surface area contributed by atoms with Crippen LogP contribution in [0.1, 0.15) is 26.3 Å². The Balaban J connectivity index is 2.34. The number of nitrogens with one attached hydrogen (secondary N) is 1. The van der Waals surface area contributed by atoms with Gasteiger partial charge in [0.2, 0.25) is 0 Å². The number of benzene rings is 1. The van der Waals surface area contributed by atoms with Gasteiger partial charge in [-0.3, -0.25) is 0 Å². The lowest BCUT2D eigenvalue weighted by atomic mass is 10.2. The summed E-state index contributed by atoms with van der Waals surface area (Å²) in [5.41, 5.74) is 1.17. The molecule has 0 aliphatic carbocycles. The molecule has 0 aliphatic heterocycles. The van der Waals surface area contributed by atoms with Crippen LogP contribution in [-0.4, -0.2) is 26.0 Å². The van der Waals surface area contributed by atoms with Crippen LogP contribution in [0.5, 0.6) is 0 Å². The van der Waals surface area contributed by atoms with Crippen molar-refractivity contribution in [3.05, 3.63) is 35.9 Å². The molecule has 4 heteroatoms. The molecule has 1 atom stereocenters. The zero-order valence-corrected chi connectivity index (χ0v) is 12.2. The van der Waals surface area contributed by atoms with Gasteiger partial charge in [-0.25, -0.2) is 8.42 Å². The number of hydrogen-bond acceptors (Lipinski definition) is 3. The maximum Gasteiger partial charge on any atom is 0.154 e. The first-order valence-corrected chi connectivity index (χ1v) is 8.11. The smallest absolute Gasteiger partial charge is 0.154 e. The van der Waals surface area contributed by atoms with Crippen molar-refractivity contribution >= 4 is 9.84 Å². The molecule has 0 amide bonds. The summed E-state index contributed by atoms with van der Waals surface area (Å²) in [5.74, 6) is 0.378. The van der Waals surface area contributed by atoms with Crippen molar-refractivity contribution in [2.24, 2.45) is 5.92 Å². The van der Waals surface area contributed by atoms with Crippen molar-refractivity contribution < 1.29 is 8.42 Å². The SMILES string of the molecule is CC(C)C(C)S(=O)(=O)CCNCc1ccccc1. The molecule has 0 heterocycles. The second-order valence-electron chi connectivity index (χ2n) is 4.98. The predicted octanol–water partition coefficient (Wildman–Crippen LogP) is 2.24. The first kappa shape index (κ1) is 15.2. The molecular weight excluding hydrogens is 246 g/mol. The topological polar surface area (TPSA) is 46.2 Å². The molecule has 1 aromatic rings. The third-order valence-electron chi connectivity index (χ3n) is 3.24. The molecule has 0 saturated carbocycles. The van der Waals surface area contributed by atoms with Gasteiger partial charge in [-0.2, -0.15) is 0 Å². The van der Waals surface area contributed by atoms with E-state index in [4.69, 9.17) is 0 Å². The van der Waals surface area contributed by atoms with Gasteiger partial charge in [-0.15, -0.1) is 0 Å². The van der Waals surface area contributed by atoms with E-state index in [1.54, 1.807) is 6.92 Å². The van der Waals surface area contributed by atoms with Crippen LogP contribution in [0, 0.1) is 5.92 Å². The van der Waals surface area contributed by atoms with E-state index in [1.807, 2.05) is 44.2 Å². The van der Waals surface area contributed by atoms with E-state index in [1.165, 1.54) is 5.56 Å². The van der Waals surface area contributed by atoms with Gasteiger partial charge >= 0.3 is 0 Å². The Morgan fingerprint density at radius 2 is 1.72 bits per heavy atom. The third-order valence-corrected chi connectivity index (χ3v) is 5.69. The number of sulfone groups is 1. The van der Waals surface area contributed by atoms with Crippen LogP contribution in [-0.2, 0) is 16.4 Å². The molecule has 18 heavy (non-hydrogen) atoms. The lowest BCUT2D eigenvalue weighted by molar-refractivity contribution is 0.542. The molecule has 0 bridgehead atoms. The van der Waals surface area contributed by atoms with Crippen LogP contribution < -0.4 is 5.32 Å². The zero-order valence-electron chi connectivity index (χ0n) is 11.4. The summed E-state index contributed by atoms with van der Waals surface area (Å²) < 4.78 is 23.9. The summed E-state index contributed by atoms with van der Waals surface area (Å²) in [4.78, 5) is 0. The van der Waals surface area contributed by atoms with Crippen LogP contribution in [0.25, 0.3) is 0 Å². The van der Waals surface area contributed by atoms with Gasteiger partial charge in [0.25, 0.3) is 0 Å². The van der Waals surface area contributed by atoms with Crippen LogP contribution in [0.4, 0.5) is 0 Å². The summed E-state index contributed by atoms with van der Waals surface area (Å²) >= 11 is 0. The Morgan fingerprint density at radius 3 is 2.28 bits per heavy atom. The molecule has 1 N–H and O–H groups in total. The van der Waals surface area contributed by atoms with Gasteiger partial charge in [-0.1, -0.05) is 44.2 Å². The fraction of sp³-hybridized carbons (Fsp3) is 0.571. The summed E-state index contributed by atoms with van der Waals surface area (Å²) in [6.45, 7) is 6.90. The molecule has 1 unspecified atom stereocenters. The van der Waals surface area contributed by atoms with Crippen LogP contribution in [0.3, 0.4) is 0 Å². The highest BCUT2D eigenvalue weighted by molar-refractivity contribution is 7.92. The largest absolute Gasteiger partial charge is 0.312 e. The monoisotopic (exact) mass is 269 g/mol. The second kappa shape index (κ2) is 6.90. The molecule has 0 radical (unpaired) electrons. The minimum atomic E-state index is -2.98. The van der Waals surface area contributed by atoms with E-state index in [0.717, 1.165) is 0 Å². The predicted molar refractivity (Wildman–Crippen MR) is 76.2 cm³/mol. The van der Waals surface area contributed by atoms with E-state index in [9.17, 15) is 8.42 Å². The van der Waals surface area contributed by atoms with Gasteiger partial charge in [0.15, 0.2) is 9.84 Å². The minimum Gasteiger partial charge on any atom is -0.312 e.